The number of hydrogen-bond acceptors (Lipinski definition) is 2. The number of piperidine rings is 1. The lowest BCUT2D eigenvalue weighted by Crippen LogP contribution is -2.42. The van der Waals surface area contributed by atoms with Gasteiger partial charge in [0.15, 0.2) is 0 Å². The number of benzene rings is 2. The molecule has 2 unspecified atom stereocenters. The van der Waals surface area contributed by atoms with Gasteiger partial charge in [0.05, 0.1) is 5.56 Å². The zero-order chi connectivity index (χ0) is 19.7. The predicted molar refractivity (Wildman–Crippen MR) is 99.0 cm³/mol. The standard InChI is InChI=1S/C22H22F3NO2/c23-22(24,25)20-9-5-4-8-17(20)18-14-19(18)21(27)26-12-10-16(11-13-26)28-15-6-2-1-3-7-15/h1-9,16,18-19H,10-14H2. The maximum Gasteiger partial charge on any atom is 0.416 e. The molecule has 1 saturated heterocycles. The van der Waals surface area contributed by atoms with Crippen LogP contribution in [0.2, 0.25) is 0 Å². The molecule has 1 aliphatic carbocycles. The van der Waals surface area contributed by atoms with Crippen molar-refractivity contribution in [3.63, 3.8) is 0 Å². The molecule has 148 valence electrons. The summed E-state index contributed by atoms with van der Waals surface area (Å²) in [5.41, 5.74) is -0.374. The Hall–Kier alpha value is -2.50. The van der Waals surface area contributed by atoms with E-state index in [0.717, 1.165) is 24.7 Å². The van der Waals surface area contributed by atoms with Gasteiger partial charge in [-0.3, -0.25) is 4.79 Å². The van der Waals surface area contributed by atoms with Crippen LogP contribution in [0.3, 0.4) is 0 Å². The normalized spacial score (nSPS) is 22.8. The quantitative estimate of drug-likeness (QED) is 0.746. The minimum Gasteiger partial charge on any atom is -0.490 e. The number of para-hydroxylation sites is 1. The fourth-order valence-corrected chi connectivity index (χ4v) is 4.01. The lowest BCUT2D eigenvalue weighted by molar-refractivity contribution is -0.139. The minimum atomic E-state index is -4.39. The van der Waals surface area contributed by atoms with Crippen molar-refractivity contribution in [1.82, 2.24) is 4.90 Å². The zero-order valence-electron chi connectivity index (χ0n) is 15.4. The smallest absolute Gasteiger partial charge is 0.416 e. The second-order valence-electron chi connectivity index (χ2n) is 7.49. The fraction of sp³-hybridized carbons (Fsp3) is 0.409. The summed E-state index contributed by atoms with van der Waals surface area (Å²) in [5, 5.41) is 0. The molecule has 1 aliphatic heterocycles. The number of ether oxygens (including phenoxy) is 1. The van der Waals surface area contributed by atoms with E-state index in [1.165, 1.54) is 12.1 Å². The molecule has 1 saturated carbocycles. The number of carbonyl (C=O) groups excluding carboxylic acids is 1. The monoisotopic (exact) mass is 389 g/mol. The summed E-state index contributed by atoms with van der Waals surface area (Å²) in [5.74, 6) is 0.122. The number of amides is 1. The highest BCUT2D eigenvalue weighted by Crippen LogP contribution is 2.51. The highest BCUT2D eigenvalue weighted by molar-refractivity contribution is 5.83. The maximum absolute atomic E-state index is 13.2. The molecule has 2 atom stereocenters. The summed E-state index contributed by atoms with van der Waals surface area (Å²) in [7, 11) is 0. The second-order valence-corrected chi connectivity index (χ2v) is 7.49. The number of nitrogens with zero attached hydrogens (tertiary/aromatic N) is 1. The minimum absolute atomic E-state index is 0.0276. The number of hydrogen-bond donors (Lipinski definition) is 0. The lowest BCUT2D eigenvalue weighted by Gasteiger charge is -2.32. The van der Waals surface area contributed by atoms with E-state index in [2.05, 4.69) is 0 Å². The van der Waals surface area contributed by atoms with Crippen LogP contribution in [0.1, 0.15) is 36.3 Å². The van der Waals surface area contributed by atoms with E-state index in [4.69, 9.17) is 4.74 Å². The first-order valence-corrected chi connectivity index (χ1v) is 9.60. The molecule has 1 heterocycles. The van der Waals surface area contributed by atoms with Crippen LogP contribution in [-0.2, 0) is 11.0 Å². The van der Waals surface area contributed by atoms with Crippen LogP contribution in [0, 0.1) is 5.92 Å². The Morgan fingerprint density at radius 1 is 0.964 bits per heavy atom. The van der Waals surface area contributed by atoms with Crippen molar-refractivity contribution in [2.24, 2.45) is 5.92 Å². The molecule has 2 aromatic carbocycles. The molecule has 0 N–H and O–H groups in total. The number of likely N-dealkylation sites (tertiary alicyclic amines) is 1. The number of halogens is 3. The molecule has 2 aliphatic rings. The summed E-state index contributed by atoms with van der Waals surface area (Å²) in [4.78, 5) is 14.6. The van der Waals surface area contributed by atoms with Gasteiger partial charge < -0.3 is 9.64 Å². The number of rotatable bonds is 4. The van der Waals surface area contributed by atoms with Crippen molar-refractivity contribution in [2.45, 2.75) is 37.5 Å². The lowest BCUT2D eigenvalue weighted by atomic mass is 10.0. The van der Waals surface area contributed by atoms with Gasteiger partial charge >= 0.3 is 6.18 Å². The molecular formula is C22H22F3NO2. The molecule has 2 fully saturated rings. The highest BCUT2D eigenvalue weighted by Gasteiger charge is 2.49. The molecule has 6 heteroatoms. The molecule has 3 nitrogen and oxygen atoms in total. The van der Waals surface area contributed by atoms with E-state index in [1.807, 2.05) is 30.3 Å². The Bertz CT molecular complexity index is 829. The first kappa shape index (κ1) is 18.8. The second kappa shape index (κ2) is 7.49. The van der Waals surface area contributed by atoms with Crippen LogP contribution in [0.4, 0.5) is 13.2 Å². The van der Waals surface area contributed by atoms with Crippen LogP contribution in [-0.4, -0.2) is 30.0 Å². The Balaban J connectivity index is 1.34. The van der Waals surface area contributed by atoms with Gasteiger partial charge in [-0.2, -0.15) is 13.2 Å². The molecule has 1 amide bonds. The van der Waals surface area contributed by atoms with Gasteiger partial charge in [-0.15, -0.1) is 0 Å². The molecule has 4 rings (SSSR count). The highest BCUT2D eigenvalue weighted by atomic mass is 19.4. The average molecular weight is 389 g/mol. The Kier molecular flexibility index (Phi) is 5.04. The van der Waals surface area contributed by atoms with E-state index in [0.29, 0.717) is 19.5 Å². The summed E-state index contributed by atoms with van der Waals surface area (Å²) >= 11 is 0. The average Bonchev–Trinajstić information content (AvgIpc) is 3.49. The van der Waals surface area contributed by atoms with Gasteiger partial charge in [0, 0.05) is 31.8 Å². The largest absolute Gasteiger partial charge is 0.490 e. The molecule has 0 bridgehead atoms. The maximum atomic E-state index is 13.2. The molecule has 0 aromatic heterocycles. The van der Waals surface area contributed by atoms with Gasteiger partial charge in [0.25, 0.3) is 0 Å². The topological polar surface area (TPSA) is 29.5 Å². The van der Waals surface area contributed by atoms with Gasteiger partial charge in [-0.05, 0) is 36.1 Å². The summed E-state index contributed by atoms with van der Waals surface area (Å²) in [6.07, 6.45) is -2.37. The Morgan fingerprint density at radius 3 is 2.29 bits per heavy atom. The molecule has 0 spiro atoms. The third kappa shape index (κ3) is 4.01. The first-order valence-electron chi connectivity index (χ1n) is 9.60. The van der Waals surface area contributed by atoms with Crippen LogP contribution in [0.25, 0.3) is 0 Å². The molecular weight excluding hydrogens is 367 g/mol. The van der Waals surface area contributed by atoms with Gasteiger partial charge in [0.2, 0.25) is 5.91 Å². The van der Waals surface area contributed by atoms with E-state index >= 15 is 0 Å². The third-order valence-electron chi connectivity index (χ3n) is 5.57. The van der Waals surface area contributed by atoms with E-state index in [-0.39, 0.29) is 29.4 Å². The SMILES string of the molecule is O=C(C1CC1c1ccccc1C(F)(F)F)N1CCC(Oc2ccccc2)CC1. The fourth-order valence-electron chi connectivity index (χ4n) is 4.01. The summed E-state index contributed by atoms with van der Waals surface area (Å²) in [6.45, 7) is 1.17. The first-order chi connectivity index (χ1) is 13.4. The van der Waals surface area contributed by atoms with Crippen molar-refractivity contribution in [3.8, 4) is 5.75 Å². The number of carbonyl (C=O) groups is 1. The summed E-state index contributed by atoms with van der Waals surface area (Å²) < 4.78 is 45.6. The molecule has 2 aromatic rings. The van der Waals surface area contributed by atoms with Crippen molar-refractivity contribution < 1.29 is 22.7 Å². The molecule has 28 heavy (non-hydrogen) atoms. The van der Waals surface area contributed by atoms with Gasteiger partial charge in [-0.25, -0.2) is 0 Å². The zero-order valence-corrected chi connectivity index (χ0v) is 15.4. The Morgan fingerprint density at radius 2 is 1.61 bits per heavy atom. The van der Waals surface area contributed by atoms with E-state index < -0.39 is 11.7 Å². The van der Waals surface area contributed by atoms with Crippen molar-refractivity contribution in [3.05, 3.63) is 65.7 Å². The van der Waals surface area contributed by atoms with Crippen molar-refractivity contribution in [1.29, 1.82) is 0 Å². The van der Waals surface area contributed by atoms with Crippen LogP contribution in [0.15, 0.2) is 54.6 Å². The number of alkyl halides is 3. The predicted octanol–water partition coefficient (Wildman–Crippen LogP) is 4.88. The molecule has 0 radical (unpaired) electrons. The third-order valence-corrected chi connectivity index (χ3v) is 5.57. The van der Waals surface area contributed by atoms with Crippen molar-refractivity contribution in [2.75, 3.05) is 13.1 Å². The van der Waals surface area contributed by atoms with Crippen LogP contribution in [0.5, 0.6) is 5.75 Å². The van der Waals surface area contributed by atoms with Crippen LogP contribution < -0.4 is 4.74 Å². The van der Waals surface area contributed by atoms with Gasteiger partial charge in [0.1, 0.15) is 11.9 Å². The van der Waals surface area contributed by atoms with Gasteiger partial charge in [-0.1, -0.05) is 36.4 Å². The van der Waals surface area contributed by atoms with E-state index in [1.54, 1.807) is 11.0 Å². The van der Waals surface area contributed by atoms with Crippen molar-refractivity contribution >= 4 is 5.91 Å². The summed E-state index contributed by atoms with van der Waals surface area (Å²) in [6, 6.07) is 15.2. The van der Waals surface area contributed by atoms with E-state index in [9.17, 15) is 18.0 Å². The Labute approximate surface area is 162 Å². The van der Waals surface area contributed by atoms with Crippen LogP contribution >= 0.6 is 0 Å².